The van der Waals surface area contributed by atoms with Crippen LogP contribution in [0.1, 0.15) is 43.4 Å². The smallest absolute Gasteiger partial charge is 0.0640 e. The first-order valence-electron chi connectivity index (χ1n) is 26.9. The maximum atomic E-state index is 3.60. The number of para-hydroxylation sites is 2. The molecule has 3 nitrogen and oxygen atoms in total. The molecule has 1 N–H and O–H groups in total. The number of thiophene rings is 1. The summed E-state index contributed by atoms with van der Waals surface area (Å²) in [5.41, 5.74) is 19.4. The zero-order chi connectivity index (χ0) is 51.8. The van der Waals surface area contributed by atoms with Crippen LogP contribution in [0.2, 0.25) is 0 Å². The van der Waals surface area contributed by atoms with Gasteiger partial charge in [0.25, 0.3) is 0 Å². The topological polar surface area (TPSA) is 18.5 Å². The van der Waals surface area contributed by atoms with Gasteiger partial charge in [0.15, 0.2) is 0 Å². The Hall–Kier alpha value is -8.96. The molecule has 11 aromatic carbocycles. The second kappa shape index (κ2) is 18.7. The van der Waals surface area contributed by atoms with E-state index in [2.05, 4.69) is 298 Å². The van der Waals surface area contributed by atoms with Crippen LogP contribution in [0.5, 0.6) is 0 Å². The standard InChI is InChI=1S/C73H57N3S/c1-47-38-51-28-29-53(50-17-14-23-62(42-50)75(61-21-9-6-10-22-61)68-26-15-25-64-63-24-11-12-27-71(63)77-72(64)68)40-56(51)45-69(47)76-67-37-34-54(48-32-35-58(36-33-48)73(2,3)4)43-65(67)66-44-55-31-30-52(39-57(55)46-70(66)76)49-16-13-20-60(41-49)74-59-18-7-5-8-19-59/h5-46,66,70,74H,1-4H3. The summed E-state index contributed by atoms with van der Waals surface area (Å²) in [7, 11) is 0. The molecule has 1 aliphatic heterocycles. The molecule has 0 fully saturated rings. The summed E-state index contributed by atoms with van der Waals surface area (Å²) >= 11 is 1.87. The van der Waals surface area contributed by atoms with Crippen molar-refractivity contribution in [1.29, 1.82) is 0 Å². The molecule has 14 rings (SSSR count). The minimum atomic E-state index is 0.0720. The fraction of sp³-hybridized carbons (Fsp3) is 0.0959. The number of rotatable bonds is 9. The van der Waals surface area contributed by atoms with Gasteiger partial charge in [0.2, 0.25) is 0 Å². The maximum absolute atomic E-state index is 3.60. The van der Waals surface area contributed by atoms with Gasteiger partial charge in [0.05, 0.1) is 16.4 Å². The summed E-state index contributed by atoms with van der Waals surface area (Å²) in [6.45, 7) is 9.14. The van der Waals surface area contributed by atoms with E-state index in [1.807, 2.05) is 11.3 Å². The monoisotopic (exact) mass is 1010 g/mol. The highest BCUT2D eigenvalue weighted by molar-refractivity contribution is 7.26. The highest BCUT2D eigenvalue weighted by atomic mass is 32.1. The molecule has 2 unspecified atom stereocenters. The minimum Gasteiger partial charge on any atom is -0.356 e. The Morgan fingerprint density at radius 2 is 1.10 bits per heavy atom. The van der Waals surface area contributed by atoms with Crippen molar-refractivity contribution in [2.75, 3.05) is 15.1 Å². The molecule has 2 aliphatic rings. The van der Waals surface area contributed by atoms with Crippen molar-refractivity contribution in [1.82, 2.24) is 0 Å². The van der Waals surface area contributed by atoms with Gasteiger partial charge in [0, 0.05) is 55.5 Å². The number of nitrogens with zero attached hydrogens (tertiary/aromatic N) is 2. The van der Waals surface area contributed by atoms with Gasteiger partial charge in [-0.1, -0.05) is 179 Å². The minimum absolute atomic E-state index is 0.0720. The molecule has 2 heterocycles. The fourth-order valence-electron chi connectivity index (χ4n) is 12.0. The summed E-state index contributed by atoms with van der Waals surface area (Å²) in [6, 6.07) is 89.8. The third-order valence-electron chi connectivity index (χ3n) is 15.9. The Bertz CT molecular complexity index is 4380. The number of benzene rings is 11. The first-order chi connectivity index (χ1) is 37.7. The lowest BCUT2D eigenvalue weighted by molar-refractivity contribution is 0.590. The third kappa shape index (κ3) is 8.46. The van der Waals surface area contributed by atoms with Crippen molar-refractivity contribution < 1.29 is 0 Å². The zero-order valence-corrected chi connectivity index (χ0v) is 44.5. The lowest BCUT2D eigenvalue weighted by Gasteiger charge is -2.31. The van der Waals surface area contributed by atoms with Crippen molar-refractivity contribution in [2.24, 2.45) is 0 Å². The number of fused-ring (bicyclic) bond motifs is 8. The van der Waals surface area contributed by atoms with Crippen molar-refractivity contribution in [3.8, 4) is 33.4 Å². The Kier molecular flexibility index (Phi) is 11.3. The summed E-state index contributed by atoms with van der Waals surface area (Å²) in [5, 5.41) is 11.2. The van der Waals surface area contributed by atoms with Crippen LogP contribution >= 0.6 is 11.3 Å². The van der Waals surface area contributed by atoms with E-state index in [9.17, 15) is 0 Å². The number of hydrogen-bond acceptors (Lipinski definition) is 4. The van der Waals surface area contributed by atoms with Crippen LogP contribution in [-0.2, 0) is 5.41 Å². The second-order valence-electron chi connectivity index (χ2n) is 21.9. The van der Waals surface area contributed by atoms with E-state index in [4.69, 9.17) is 0 Å². The predicted octanol–water partition coefficient (Wildman–Crippen LogP) is 18.9. The van der Waals surface area contributed by atoms with Crippen LogP contribution in [0.4, 0.5) is 39.8 Å². The SMILES string of the molecule is Cc1cc2ccc(-c3cccc(N(c4ccccc4)c4cccc5c4sc4ccccc45)c3)cc2cc1N1c2ccc(-c3ccc(C(C)(C)C)cc3)cc2C2C=c3ccc(-c4cccc(Nc5ccccc5)c4)cc3=CC21. The molecular formula is C73H57N3S. The fourth-order valence-corrected chi connectivity index (χ4v) is 13.2. The van der Waals surface area contributed by atoms with E-state index < -0.39 is 0 Å². The zero-order valence-electron chi connectivity index (χ0n) is 43.7. The van der Waals surface area contributed by atoms with E-state index in [1.54, 1.807) is 0 Å². The summed E-state index contributed by atoms with van der Waals surface area (Å²) < 4.78 is 2.58. The van der Waals surface area contributed by atoms with E-state index in [0.717, 1.165) is 22.7 Å². The quantitative estimate of drug-likeness (QED) is 0.155. The van der Waals surface area contributed by atoms with Crippen LogP contribution in [0, 0.1) is 6.92 Å². The molecule has 77 heavy (non-hydrogen) atoms. The lowest BCUT2D eigenvalue weighted by Crippen LogP contribution is -2.38. The summed E-state index contributed by atoms with van der Waals surface area (Å²) in [4.78, 5) is 5.06. The van der Waals surface area contributed by atoms with Crippen molar-refractivity contribution in [3.63, 3.8) is 0 Å². The molecule has 0 saturated heterocycles. The Balaban J connectivity index is 0.869. The van der Waals surface area contributed by atoms with Gasteiger partial charge in [-0.2, -0.15) is 0 Å². The van der Waals surface area contributed by atoms with Gasteiger partial charge < -0.3 is 15.1 Å². The molecule has 370 valence electrons. The van der Waals surface area contributed by atoms with Crippen LogP contribution in [0.25, 0.3) is 76.5 Å². The number of nitrogens with one attached hydrogen (secondary N) is 1. The summed E-state index contributed by atoms with van der Waals surface area (Å²) in [6.07, 6.45) is 5.07. The average Bonchev–Trinajstić information content (AvgIpc) is 4.15. The van der Waals surface area contributed by atoms with Crippen LogP contribution in [0.15, 0.2) is 243 Å². The van der Waals surface area contributed by atoms with Gasteiger partial charge in [-0.05, 0) is 181 Å². The molecule has 4 heteroatoms. The van der Waals surface area contributed by atoms with Crippen molar-refractivity contribution in [3.05, 3.63) is 270 Å². The molecular weight excluding hydrogens is 951 g/mol. The van der Waals surface area contributed by atoms with E-state index >= 15 is 0 Å². The van der Waals surface area contributed by atoms with Crippen LogP contribution < -0.4 is 25.6 Å². The van der Waals surface area contributed by atoms with Gasteiger partial charge in [-0.25, -0.2) is 0 Å². The molecule has 0 amide bonds. The largest absolute Gasteiger partial charge is 0.356 e. The van der Waals surface area contributed by atoms with Crippen LogP contribution in [0.3, 0.4) is 0 Å². The van der Waals surface area contributed by atoms with Crippen LogP contribution in [-0.4, -0.2) is 6.04 Å². The Morgan fingerprint density at radius 1 is 0.455 bits per heavy atom. The molecule has 1 aliphatic carbocycles. The first-order valence-corrected chi connectivity index (χ1v) is 27.7. The Labute approximate surface area is 455 Å². The average molecular weight is 1010 g/mol. The highest BCUT2D eigenvalue weighted by Crippen LogP contribution is 2.51. The van der Waals surface area contributed by atoms with Gasteiger partial charge in [-0.3, -0.25) is 0 Å². The molecule has 0 saturated carbocycles. The maximum Gasteiger partial charge on any atom is 0.0640 e. The van der Waals surface area contributed by atoms with E-state index in [0.29, 0.717) is 0 Å². The number of hydrogen-bond donors (Lipinski definition) is 1. The predicted molar refractivity (Wildman–Crippen MR) is 331 cm³/mol. The molecule has 0 bridgehead atoms. The van der Waals surface area contributed by atoms with Crippen molar-refractivity contribution >= 4 is 94.2 Å². The number of anilines is 7. The summed E-state index contributed by atoms with van der Waals surface area (Å²) in [5.74, 6) is 0.158. The third-order valence-corrected chi connectivity index (χ3v) is 17.2. The normalized spacial score (nSPS) is 14.7. The second-order valence-corrected chi connectivity index (χ2v) is 23.0. The van der Waals surface area contributed by atoms with E-state index in [-0.39, 0.29) is 17.4 Å². The van der Waals surface area contributed by atoms with Gasteiger partial charge in [0.1, 0.15) is 0 Å². The van der Waals surface area contributed by atoms with Crippen molar-refractivity contribution in [2.45, 2.75) is 45.1 Å². The van der Waals surface area contributed by atoms with E-state index in [1.165, 1.54) is 109 Å². The molecule has 12 aromatic rings. The Morgan fingerprint density at radius 3 is 1.94 bits per heavy atom. The molecule has 2 atom stereocenters. The number of aryl methyl sites for hydroxylation is 1. The lowest BCUT2D eigenvalue weighted by atomic mass is 9.85. The highest BCUT2D eigenvalue weighted by Gasteiger charge is 2.39. The molecule has 0 spiro atoms. The van der Waals surface area contributed by atoms with Gasteiger partial charge in [-0.15, -0.1) is 11.3 Å². The van der Waals surface area contributed by atoms with Gasteiger partial charge >= 0.3 is 0 Å². The molecule has 0 radical (unpaired) electrons. The molecule has 1 aromatic heterocycles. The first kappa shape index (κ1) is 46.6.